The Hall–Kier alpha value is -7.00. The highest BCUT2D eigenvalue weighted by molar-refractivity contribution is 5.95. The van der Waals surface area contributed by atoms with E-state index < -0.39 is 6.29 Å². The predicted octanol–water partition coefficient (Wildman–Crippen LogP) is 8.31. The monoisotopic (exact) mass is 594 g/mol. The molecule has 0 spiro atoms. The van der Waals surface area contributed by atoms with E-state index in [0.717, 1.165) is 44.2 Å². The fourth-order valence-corrected chi connectivity index (χ4v) is 6.23. The standard InChI is InChI=1S/C38H18N4O4/c39-17-23-3-9-27(13-25(23)19-41)43-29-7-1-21-5-11-33-35(31(21)15-29)37-36-32-16-30(44-28-10-4-24(18-40)26(14-28)20-42)8-2-22(32)6-12-34(36)46-38(37)45-33/h1-16,37-38H. The molecule has 0 saturated carbocycles. The number of hydrogen-bond donors (Lipinski definition) is 0. The maximum absolute atomic E-state index is 9.45. The lowest BCUT2D eigenvalue weighted by Crippen LogP contribution is -2.19. The lowest BCUT2D eigenvalue weighted by molar-refractivity contribution is 0.0330. The normalized spacial score (nSPS) is 15.2. The van der Waals surface area contributed by atoms with Crippen LogP contribution in [0, 0.1) is 45.3 Å². The van der Waals surface area contributed by atoms with Gasteiger partial charge < -0.3 is 18.9 Å². The SMILES string of the molecule is N#Cc1ccc(Oc2ccc3ccc4c(c3c2)C2c3c(ccc5ccc(Oc6ccc(C#N)c(C#N)c6)cc35)OC2O4)cc1C#N. The van der Waals surface area contributed by atoms with E-state index in [1.807, 2.05) is 84.9 Å². The van der Waals surface area contributed by atoms with E-state index in [9.17, 15) is 21.0 Å². The van der Waals surface area contributed by atoms with Gasteiger partial charge in [-0.3, -0.25) is 0 Å². The highest BCUT2D eigenvalue weighted by atomic mass is 16.7. The molecule has 0 fully saturated rings. The summed E-state index contributed by atoms with van der Waals surface area (Å²) in [5, 5.41) is 41.3. The van der Waals surface area contributed by atoms with Gasteiger partial charge in [0.2, 0.25) is 0 Å². The average Bonchev–Trinajstić information content (AvgIpc) is 3.64. The molecule has 0 unspecified atom stereocenters. The van der Waals surface area contributed by atoms with Crippen LogP contribution in [0.5, 0.6) is 34.5 Å². The highest BCUT2D eigenvalue weighted by Gasteiger charge is 2.46. The van der Waals surface area contributed by atoms with Gasteiger partial charge in [0.05, 0.1) is 28.2 Å². The Morgan fingerprint density at radius 1 is 0.457 bits per heavy atom. The van der Waals surface area contributed by atoms with E-state index >= 15 is 0 Å². The first-order valence-electron chi connectivity index (χ1n) is 14.3. The minimum absolute atomic E-state index is 0.233. The van der Waals surface area contributed by atoms with Crippen LogP contribution in [0.2, 0.25) is 0 Å². The molecule has 0 aliphatic carbocycles. The van der Waals surface area contributed by atoms with E-state index in [1.54, 1.807) is 36.4 Å². The molecule has 214 valence electrons. The summed E-state index contributed by atoms with van der Waals surface area (Å²) >= 11 is 0. The molecule has 8 rings (SSSR count). The van der Waals surface area contributed by atoms with Crippen molar-refractivity contribution < 1.29 is 18.9 Å². The third-order valence-corrected chi connectivity index (χ3v) is 8.31. The topological polar surface area (TPSA) is 132 Å². The van der Waals surface area contributed by atoms with Gasteiger partial charge in [0.25, 0.3) is 6.29 Å². The molecule has 0 N–H and O–H groups in total. The number of benzene rings is 6. The van der Waals surface area contributed by atoms with E-state index in [-0.39, 0.29) is 17.0 Å². The van der Waals surface area contributed by atoms with Crippen LogP contribution in [0.4, 0.5) is 0 Å². The van der Waals surface area contributed by atoms with Crippen molar-refractivity contribution in [3.63, 3.8) is 0 Å². The van der Waals surface area contributed by atoms with Crippen LogP contribution in [-0.2, 0) is 0 Å². The molecule has 0 atom stereocenters. The fourth-order valence-electron chi connectivity index (χ4n) is 6.23. The summed E-state index contributed by atoms with van der Waals surface area (Å²) in [5.41, 5.74) is 3.04. The number of ether oxygens (including phenoxy) is 4. The molecule has 0 amide bonds. The smallest absolute Gasteiger partial charge is 0.252 e. The number of nitrogens with zero attached hydrogens (tertiary/aromatic N) is 4. The molecule has 8 heteroatoms. The molecule has 2 aliphatic rings. The van der Waals surface area contributed by atoms with Crippen molar-refractivity contribution in [2.45, 2.75) is 12.2 Å². The van der Waals surface area contributed by atoms with Gasteiger partial charge >= 0.3 is 0 Å². The van der Waals surface area contributed by atoms with Gasteiger partial charge in [0.15, 0.2) is 0 Å². The van der Waals surface area contributed by atoms with Crippen LogP contribution in [0.15, 0.2) is 97.1 Å². The molecule has 46 heavy (non-hydrogen) atoms. The summed E-state index contributed by atoms with van der Waals surface area (Å²) in [5.74, 6) is 3.27. The largest absolute Gasteiger partial charge is 0.457 e. The van der Waals surface area contributed by atoms with Crippen molar-refractivity contribution in [3.05, 3.63) is 130 Å². The van der Waals surface area contributed by atoms with Gasteiger partial charge in [-0.1, -0.05) is 24.3 Å². The van der Waals surface area contributed by atoms with Crippen molar-refractivity contribution in [2.24, 2.45) is 0 Å². The molecule has 6 aromatic carbocycles. The molecular weight excluding hydrogens is 576 g/mol. The lowest BCUT2D eigenvalue weighted by Gasteiger charge is -2.14. The second-order valence-electron chi connectivity index (χ2n) is 10.9. The number of nitriles is 4. The lowest BCUT2D eigenvalue weighted by atomic mass is 9.86. The molecule has 2 heterocycles. The van der Waals surface area contributed by atoms with E-state index in [0.29, 0.717) is 34.1 Å². The Kier molecular flexibility index (Phi) is 5.97. The molecule has 0 saturated heterocycles. The Morgan fingerprint density at radius 3 is 1.28 bits per heavy atom. The minimum atomic E-state index is -0.552. The number of hydrogen-bond acceptors (Lipinski definition) is 8. The predicted molar refractivity (Wildman–Crippen MR) is 167 cm³/mol. The van der Waals surface area contributed by atoms with E-state index in [4.69, 9.17) is 18.9 Å². The van der Waals surface area contributed by atoms with Crippen molar-refractivity contribution in [3.8, 4) is 58.8 Å². The molecule has 2 aliphatic heterocycles. The van der Waals surface area contributed by atoms with Crippen molar-refractivity contribution >= 4 is 21.5 Å². The molecule has 8 nitrogen and oxygen atoms in total. The second-order valence-corrected chi connectivity index (χ2v) is 10.9. The van der Waals surface area contributed by atoms with Crippen molar-refractivity contribution in [2.75, 3.05) is 0 Å². The quantitative estimate of drug-likeness (QED) is 0.199. The summed E-state index contributed by atoms with van der Waals surface area (Å²) in [6.07, 6.45) is -0.552. The summed E-state index contributed by atoms with van der Waals surface area (Å²) in [4.78, 5) is 0. The van der Waals surface area contributed by atoms with Crippen LogP contribution in [0.1, 0.15) is 39.3 Å². The Morgan fingerprint density at radius 2 is 0.848 bits per heavy atom. The Bertz CT molecular complexity index is 2290. The minimum Gasteiger partial charge on any atom is -0.457 e. The van der Waals surface area contributed by atoms with Gasteiger partial charge in [-0.25, -0.2) is 0 Å². The zero-order valence-corrected chi connectivity index (χ0v) is 23.8. The van der Waals surface area contributed by atoms with Crippen LogP contribution >= 0.6 is 0 Å². The third-order valence-electron chi connectivity index (χ3n) is 8.31. The summed E-state index contributed by atoms with van der Waals surface area (Å²) < 4.78 is 25.0. The van der Waals surface area contributed by atoms with E-state index in [2.05, 4.69) is 0 Å². The highest BCUT2D eigenvalue weighted by Crippen LogP contribution is 2.55. The van der Waals surface area contributed by atoms with Gasteiger partial charge in [0.1, 0.15) is 58.8 Å². The summed E-state index contributed by atoms with van der Waals surface area (Å²) in [7, 11) is 0. The summed E-state index contributed by atoms with van der Waals surface area (Å²) in [6.45, 7) is 0. The van der Waals surface area contributed by atoms with Gasteiger partial charge in [-0.2, -0.15) is 21.0 Å². The zero-order valence-electron chi connectivity index (χ0n) is 23.8. The third kappa shape index (κ3) is 4.19. The zero-order chi connectivity index (χ0) is 31.4. The van der Waals surface area contributed by atoms with Crippen LogP contribution < -0.4 is 18.9 Å². The first kappa shape index (κ1) is 26.6. The van der Waals surface area contributed by atoms with Gasteiger partial charge in [0, 0.05) is 11.1 Å². The van der Waals surface area contributed by atoms with Crippen LogP contribution in [0.25, 0.3) is 21.5 Å². The fraction of sp³-hybridized carbons (Fsp3) is 0.0526. The molecule has 0 bridgehead atoms. The Labute approximate surface area is 262 Å². The number of fused-ring (bicyclic) bond motifs is 9. The average molecular weight is 595 g/mol. The number of rotatable bonds is 4. The van der Waals surface area contributed by atoms with Crippen LogP contribution in [-0.4, -0.2) is 6.29 Å². The van der Waals surface area contributed by atoms with Crippen LogP contribution in [0.3, 0.4) is 0 Å². The first-order valence-corrected chi connectivity index (χ1v) is 14.3. The van der Waals surface area contributed by atoms with E-state index in [1.165, 1.54) is 0 Å². The molecular formula is C38H18N4O4. The molecule has 0 aromatic heterocycles. The maximum atomic E-state index is 9.45. The second kappa shape index (κ2) is 10.3. The van der Waals surface area contributed by atoms with Gasteiger partial charge in [-0.15, -0.1) is 0 Å². The van der Waals surface area contributed by atoms with Crippen molar-refractivity contribution in [1.82, 2.24) is 0 Å². The first-order chi connectivity index (χ1) is 22.6. The van der Waals surface area contributed by atoms with Gasteiger partial charge in [-0.05, 0) is 94.3 Å². The summed E-state index contributed by atoms with van der Waals surface area (Å²) in [6, 6.07) is 37.3. The maximum Gasteiger partial charge on any atom is 0.252 e. The molecule has 0 radical (unpaired) electrons. The Balaban J connectivity index is 1.21. The van der Waals surface area contributed by atoms with Crippen molar-refractivity contribution in [1.29, 1.82) is 21.0 Å². The molecule has 6 aromatic rings.